The molecule has 0 atom stereocenters. The first kappa shape index (κ1) is 13.2. The molecule has 4 rings (SSSR count). The summed E-state index contributed by atoms with van der Waals surface area (Å²) < 4.78 is 1.77. The van der Waals surface area contributed by atoms with Crippen LogP contribution in [0.3, 0.4) is 0 Å². The minimum absolute atomic E-state index is 0.384. The molecule has 4 nitrogen and oxygen atoms in total. The molecule has 0 fully saturated rings. The van der Waals surface area contributed by atoms with Crippen molar-refractivity contribution in [3.63, 3.8) is 0 Å². The van der Waals surface area contributed by atoms with Crippen molar-refractivity contribution in [2.45, 2.75) is 32.6 Å². The van der Waals surface area contributed by atoms with Crippen molar-refractivity contribution >= 4 is 11.5 Å². The zero-order chi connectivity index (χ0) is 15.1. The van der Waals surface area contributed by atoms with Crippen molar-refractivity contribution in [2.24, 2.45) is 5.18 Å². The maximum atomic E-state index is 11.4. The number of hydrogen-bond donors (Lipinski definition) is 0. The number of aryl methyl sites for hydroxylation is 3. The van der Waals surface area contributed by atoms with E-state index in [4.69, 9.17) is 0 Å². The van der Waals surface area contributed by atoms with Crippen molar-refractivity contribution in [1.29, 1.82) is 0 Å². The van der Waals surface area contributed by atoms with Gasteiger partial charge in [-0.05, 0) is 66.6 Å². The van der Waals surface area contributed by atoms with Crippen LogP contribution in [-0.2, 0) is 12.8 Å². The Hall–Kier alpha value is -2.49. The minimum Gasteiger partial charge on any atom is -0.281 e. The summed E-state index contributed by atoms with van der Waals surface area (Å²) in [7, 11) is 0. The summed E-state index contributed by atoms with van der Waals surface area (Å²) >= 11 is 0. The van der Waals surface area contributed by atoms with E-state index in [-0.39, 0.29) is 0 Å². The summed E-state index contributed by atoms with van der Waals surface area (Å²) in [6.45, 7) is 1.99. The lowest BCUT2D eigenvalue weighted by atomic mass is 9.90. The van der Waals surface area contributed by atoms with E-state index in [2.05, 4.69) is 28.4 Å². The largest absolute Gasteiger partial charge is 0.281 e. The monoisotopic (exact) mass is 291 g/mol. The lowest BCUT2D eigenvalue weighted by Crippen LogP contribution is -2.02. The Balaban J connectivity index is 1.92. The first-order valence-electron chi connectivity index (χ1n) is 7.70. The summed E-state index contributed by atoms with van der Waals surface area (Å²) in [4.78, 5) is 16.0. The predicted molar refractivity (Wildman–Crippen MR) is 87.5 cm³/mol. The van der Waals surface area contributed by atoms with Crippen LogP contribution < -0.4 is 0 Å². The predicted octanol–water partition coefficient (Wildman–Crippen LogP) is 4.59. The highest BCUT2D eigenvalue weighted by Gasteiger charge is 2.17. The second kappa shape index (κ2) is 5.05. The molecule has 0 unspecified atom stereocenters. The van der Waals surface area contributed by atoms with Gasteiger partial charge in [0.05, 0.1) is 0 Å². The third kappa shape index (κ3) is 2.03. The fourth-order valence-corrected chi connectivity index (χ4v) is 3.30. The summed E-state index contributed by atoms with van der Waals surface area (Å²) in [6.07, 6.45) is 6.67. The van der Waals surface area contributed by atoms with E-state index in [1.807, 2.05) is 25.3 Å². The van der Waals surface area contributed by atoms with Crippen LogP contribution in [0.15, 0.2) is 41.7 Å². The zero-order valence-corrected chi connectivity index (χ0v) is 12.5. The molecule has 1 aromatic carbocycles. The molecule has 0 amide bonds. The van der Waals surface area contributed by atoms with Gasteiger partial charge in [0.2, 0.25) is 5.82 Å². The lowest BCUT2D eigenvalue weighted by molar-refractivity contribution is 0.686. The van der Waals surface area contributed by atoms with Crippen LogP contribution >= 0.6 is 0 Å². The van der Waals surface area contributed by atoms with Gasteiger partial charge in [0.25, 0.3) is 0 Å². The molecule has 2 heterocycles. The van der Waals surface area contributed by atoms with Gasteiger partial charge in [-0.15, -0.1) is 4.91 Å². The summed E-state index contributed by atoms with van der Waals surface area (Å²) in [5.74, 6) is 0.384. The first-order valence-corrected chi connectivity index (χ1v) is 7.70. The van der Waals surface area contributed by atoms with E-state index < -0.39 is 0 Å². The minimum atomic E-state index is 0.384. The molecule has 0 spiro atoms. The number of nitrogens with zero attached hydrogens (tertiary/aromatic N) is 3. The van der Waals surface area contributed by atoms with E-state index >= 15 is 0 Å². The number of rotatable bonds is 2. The van der Waals surface area contributed by atoms with Crippen molar-refractivity contribution in [3.8, 4) is 11.3 Å². The SMILES string of the molecule is Cc1ccc2nc(-c3ccc4c(c3)CCCC4)c(N=O)n2c1. The van der Waals surface area contributed by atoms with Crippen LogP contribution in [0.25, 0.3) is 16.9 Å². The Bertz CT molecular complexity index is 879. The molecule has 22 heavy (non-hydrogen) atoms. The number of pyridine rings is 1. The van der Waals surface area contributed by atoms with Crippen molar-refractivity contribution in [2.75, 3.05) is 0 Å². The van der Waals surface area contributed by atoms with Gasteiger partial charge in [-0.25, -0.2) is 4.98 Å². The smallest absolute Gasteiger partial charge is 0.209 e. The van der Waals surface area contributed by atoms with Gasteiger partial charge in [0.15, 0.2) is 0 Å². The zero-order valence-electron chi connectivity index (χ0n) is 12.5. The van der Waals surface area contributed by atoms with Gasteiger partial charge in [0.1, 0.15) is 11.3 Å². The second-order valence-corrected chi connectivity index (χ2v) is 6.00. The normalized spacial score (nSPS) is 14.0. The van der Waals surface area contributed by atoms with Gasteiger partial charge in [-0.2, -0.15) is 0 Å². The molecular weight excluding hydrogens is 274 g/mol. The summed E-state index contributed by atoms with van der Waals surface area (Å²) in [5.41, 5.74) is 6.30. The lowest BCUT2D eigenvalue weighted by Gasteiger charge is -2.16. The van der Waals surface area contributed by atoms with E-state index in [0.29, 0.717) is 11.5 Å². The van der Waals surface area contributed by atoms with Gasteiger partial charge < -0.3 is 0 Å². The highest BCUT2D eigenvalue weighted by atomic mass is 16.3. The van der Waals surface area contributed by atoms with Crippen LogP contribution in [0.4, 0.5) is 5.82 Å². The standard InChI is InChI=1S/C18H17N3O/c1-12-6-9-16-19-17(18(20-22)21(16)11-12)15-8-7-13-4-2-3-5-14(13)10-15/h6-11H,2-5H2,1H3. The van der Waals surface area contributed by atoms with Crippen molar-refractivity contribution in [3.05, 3.63) is 58.1 Å². The molecule has 1 aliphatic carbocycles. The van der Waals surface area contributed by atoms with Gasteiger partial charge in [0, 0.05) is 11.8 Å². The van der Waals surface area contributed by atoms with Gasteiger partial charge >= 0.3 is 0 Å². The number of fused-ring (bicyclic) bond motifs is 2. The molecule has 4 heteroatoms. The Labute approximate surface area is 128 Å². The molecule has 0 saturated carbocycles. The van der Waals surface area contributed by atoms with E-state index in [9.17, 15) is 4.91 Å². The third-order valence-corrected chi connectivity index (χ3v) is 4.45. The van der Waals surface area contributed by atoms with E-state index in [1.165, 1.54) is 24.0 Å². The fraction of sp³-hybridized carbons (Fsp3) is 0.278. The van der Waals surface area contributed by atoms with Crippen LogP contribution in [0, 0.1) is 11.8 Å². The van der Waals surface area contributed by atoms with Crippen LogP contribution in [0.1, 0.15) is 29.5 Å². The summed E-state index contributed by atoms with van der Waals surface area (Å²) in [5, 5.41) is 3.24. The molecular formula is C18H17N3O. The summed E-state index contributed by atoms with van der Waals surface area (Å²) in [6, 6.07) is 10.3. The van der Waals surface area contributed by atoms with Crippen LogP contribution in [0.2, 0.25) is 0 Å². The molecule has 0 N–H and O–H groups in total. The highest BCUT2D eigenvalue weighted by molar-refractivity contribution is 5.75. The third-order valence-electron chi connectivity index (χ3n) is 4.45. The molecule has 3 aromatic rings. The van der Waals surface area contributed by atoms with E-state index in [1.54, 1.807) is 4.40 Å². The number of benzene rings is 1. The van der Waals surface area contributed by atoms with Gasteiger partial charge in [-0.1, -0.05) is 18.2 Å². The highest BCUT2D eigenvalue weighted by Crippen LogP contribution is 2.33. The molecule has 110 valence electrons. The maximum absolute atomic E-state index is 11.4. The van der Waals surface area contributed by atoms with Gasteiger partial charge in [-0.3, -0.25) is 4.40 Å². The molecule has 0 aliphatic heterocycles. The molecule has 0 radical (unpaired) electrons. The quantitative estimate of drug-likeness (QED) is 0.648. The topological polar surface area (TPSA) is 46.7 Å². The number of nitroso groups, excluding NO2 is 1. The second-order valence-electron chi connectivity index (χ2n) is 6.00. The van der Waals surface area contributed by atoms with Crippen LogP contribution in [0.5, 0.6) is 0 Å². The molecule has 2 aromatic heterocycles. The van der Waals surface area contributed by atoms with E-state index in [0.717, 1.165) is 29.6 Å². The average Bonchev–Trinajstić information content (AvgIpc) is 2.92. The molecule has 0 bridgehead atoms. The Morgan fingerprint density at radius 2 is 1.91 bits per heavy atom. The molecule has 1 aliphatic rings. The average molecular weight is 291 g/mol. The number of imidazole rings is 1. The van der Waals surface area contributed by atoms with Crippen LogP contribution in [-0.4, -0.2) is 9.38 Å². The Kier molecular flexibility index (Phi) is 3.03. The van der Waals surface area contributed by atoms with Crippen molar-refractivity contribution < 1.29 is 0 Å². The van der Waals surface area contributed by atoms with Crippen molar-refractivity contribution in [1.82, 2.24) is 9.38 Å². The molecule has 0 saturated heterocycles. The fourth-order valence-electron chi connectivity index (χ4n) is 3.30. The first-order chi connectivity index (χ1) is 10.8. The maximum Gasteiger partial charge on any atom is 0.209 e. The number of hydrogen-bond acceptors (Lipinski definition) is 3. The Morgan fingerprint density at radius 3 is 2.73 bits per heavy atom. The Morgan fingerprint density at radius 1 is 1.09 bits per heavy atom. The number of aromatic nitrogens is 2.